The minimum atomic E-state index is -0.00144. The Kier molecular flexibility index (Phi) is 8.65. The summed E-state index contributed by atoms with van der Waals surface area (Å²) in [5, 5.41) is 0. The lowest BCUT2D eigenvalue weighted by Crippen LogP contribution is -2.34. The minimum absolute atomic E-state index is 0.00144. The fourth-order valence-corrected chi connectivity index (χ4v) is 7.52. The summed E-state index contributed by atoms with van der Waals surface area (Å²) < 4.78 is 37.1. The van der Waals surface area contributed by atoms with Crippen LogP contribution in [0.2, 0.25) is 0 Å². The lowest BCUT2D eigenvalue weighted by atomic mass is 9.87. The fourth-order valence-electron chi connectivity index (χ4n) is 7.18. The molecule has 0 radical (unpaired) electrons. The summed E-state index contributed by atoms with van der Waals surface area (Å²) in [5.74, 6) is 5.38. The van der Waals surface area contributed by atoms with Gasteiger partial charge in [0.1, 0.15) is 5.75 Å². The molecule has 4 aromatic carbocycles. The van der Waals surface area contributed by atoms with Gasteiger partial charge in [-0.25, -0.2) is 0 Å². The normalized spacial score (nSPS) is 19.2. The van der Waals surface area contributed by atoms with E-state index in [0.717, 1.165) is 55.6 Å². The van der Waals surface area contributed by atoms with E-state index in [1.54, 1.807) is 21.3 Å². The van der Waals surface area contributed by atoms with Crippen LogP contribution in [0.3, 0.4) is 0 Å². The molecule has 0 aliphatic carbocycles. The number of hydrogen-bond acceptors (Lipinski definition) is 8. The third-order valence-corrected chi connectivity index (χ3v) is 10.2. The van der Waals surface area contributed by atoms with E-state index in [4.69, 9.17) is 26.8 Å². The Hall–Kier alpha value is -3.67. The third-order valence-electron chi connectivity index (χ3n) is 9.71. The molecule has 9 heteroatoms. The molecule has 4 aliphatic rings. The summed E-state index contributed by atoms with van der Waals surface area (Å²) in [7, 11) is 9.38. The molecule has 0 fully saturated rings. The maximum absolute atomic E-state index is 7.02. The van der Waals surface area contributed by atoms with Gasteiger partial charge in [0.25, 0.3) is 0 Å². The smallest absolute Gasteiger partial charge is 0.204 e. The molecule has 0 saturated heterocycles. The Morgan fingerprint density at radius 2 is 1.33 bits per heavy atom. The fraction of sp³-hybridized carbons (Fsp3) is 0.351. The second-order valence-corrected chi connectivity index (χ2v) is 12.8. The lowest BCUT2D eigenvalue weighted by Gasteiger charge is -2.37. The van der Waals surface area contributed by atoms with Gasteiger partial charge in [-0.2, -0.15) is 0 Å². The zero-order valence-electron chi connectivity index (χ0n) is 26.9. The van der Waals surface area contributed by atoms with Gasteiger partial charge in [-0.1, -0.05) is 18.2 Å². The molecule has 8 rings (SSSR count). The molecule has 6 bridgehead atoms. The maximum Gasteiger partial charge on any atom is 0.204 e. The number of methoxy groups -OCH3 is 3. The first-order valence-corrected chi connectivity index (χ1v) is 16.5. The first-order chi connectivity index (χ1) is 22.4. The Bertz CT molecular complexity index is 1760. The average molecular weight is 735 g/mol. The van der Waals surface area contributed by atoms with Gasteiger partial charge in [0.2, 0.25) is 5.75 Å². The molecule has 0 saturated carbocycles. The van der Waals surface area contributed by atoms with Crippen molar-refractivity contribution >= 4 is 23.0 Å². The quantitative estimate of drug-likeness (QED) is 0.197. The highest BCUT2D eigenvalue weighted by atomic mass is 127. The number of benzene rings is 4. The van der Waals surface area contributed by atoms with Crippen LogP contribution in [-0.2, 0) is 25.7 Å². The summed E-state index contributed by atoms with van der Waals surface area (Å²) in [4.78, 5) is 4.81. The van der Waals surface area contributed by atoms with Crippen molar-refractivity contribution in [2.45, 2.75) is 37.8 Å². The molecule has 46 heavy (non-hydrogen) atoms. The van der Waals surface area contributed by atoms with Crippen molar-refractivity contribution in [2.24, 2.45) is 0 Å². The van der Waals surface area contributed by atoms with Crippen molar-refractivity contribution in [2.75, 3.05) is 48.5 Å². The van der Waals surface area contributed by atoms with E-state index in [1.165, 1.54) is 22.3 Å². The van der Waals surface area contributed by atoms with E-state index in [0.29, 0.717) is 40.2 Å². The number of ether oxygens (including phenoxy) is 5. The van der Waals surface area contributed by atoms with Gasteiger partial charge in [0.15, 0.2) is 57.5 Å². The maximum atomic E-state index is 7.02. The molecular weight excluding hydrogens is 695 g/mol. The van der Waals surface area contributed by atoms with Gasteiger partial charge >= 0.3 is 0 Å². The van der Waals surface area contributed by atoms with Crippen molar-refractivity contribution in [1.29, 1.82) is 0 Å². The molecule has 0 aromatic heterocycles. The summed E-state index contributed by atoms with van der Waals surface area (Å²) in [6.45, 7) is 1.86. The highest BCUT2D eigenvalue weighted by Gasteiger charge is 2.34. The monoisotopic (exact) mass is 734 g/mol. The lowest BCUT2D eigenvalue weighted by molar-refractivity contribution is 0.220. The number of fused-ring (bicyclic) bond motifs is 2. The number of nitrogens with zero attached hydrogens (tertiary/aromatic N) is 2. The summed E-state index contributed by atoms with van der Waals surface area (Å²) in [5.41, 5.74) is 7.14. The van der Waals surface area contributed by atoms with Crippen molar-refractivity contribution in [1.82, 2.24) is 9.80 Å². The van der Waals surface area contributed by atoms with Gasteiger partial charge in [-0.15, -0.1) is 0 Å². The first-order valence-electron chi connectivity index (χ1n) is 15.7. The molecule has 2 atom stereocenters. The van der Waals surface area contributed by atoms with Crippen LogP contribution in [-0.4, -0.2) is 58.3 Å². The summed E-state index contributed by atoms with van der Waals surface area (Å²) >= 11 is 1.96. The van der Waals surface area contributed by atoms with Crippen LogP contribution in [0.4, 0.5) is 0 Å². The van der Waals surface area contributed by atoms with Gasteiger partial charge < -0.3 is 26.8 Å². The molecule has 0 spiro atoms. The van der Waals surface area contributed by atoms with E-state index in [1.807, 2.05) is 41.2 Å². The van der Waals surface area contributed by atoms with Crippen LogP contribution in [0.1, 0.15) is 45.5 Å². The molecule has 0 amide bonds. The highest BCUT2D eigenvalue weighted by molar-refractivity contribution is 14.1. The predicted molar refractivity (Wildman–Crippen MR) is 186 cm³/mol. The standard InChI is InChI=1S/C37H39IN2O6/c1-39-14-12-24-19-33(46-38)32-21-27(24)28(39)16-22-6-9-26(10-7-22)44-31-18-23(8-11-30(31)41-3)17-29-35-25(13-15-40(29)2)20-34(42-4)36(43-5)37(35)45-32/h6-11,18-21,28-29H,12-17H2,1-5H3/t28-,29+/m0/s1. The second-order valence-electron chi connectivity index (χ2n) is 12.3. The van der Waals surface area contributed by atoms with E-state index in [2.05, 4.69) is 66.4 Å². The van der Waals surface area contributed by atoms with Crippen LogP contribution in [0, 0.1) is 0 Å². The Balaban J connectivity index is 1.47. The predicted octanol–water partition coefficient (Wildman–Crippen LogP) is 7.88. The Morgan fingerprint density at radius 3 is 2.04 bits per heavy atom. The van der Waals surface area contributed by atoms with Crippen molar-refractivity contribution in [3.8, 4) is 46.0 Å². The zero-order valence-corrected chi connectivity index (χ0v) is 29.1. The van der Waals surface area contributed by atoms with Gasteiger partial charge in [0.05, 0.1) is 21.3 Å². The number of rotatable bonds is 4. The molecule has 240 valence electrons. The molecular formula is C37H39IN2O6. The minimum Gasteiger partial charge on any atom is -0.493 e. The van der Waals surface area contributed by atoms with Crippen molar-refractivity contribution in [3.63, 3.8) is 0 Å². The second kappa shape index (κ2) is 12.8. The molecule has 4 aromatic rings. The van der Waals surface area contributed by atoms with E-state index >= 15 is 0 Å². The van der Waals surface area contributed by atoms with Gasteiger partial charge in [-0.05, 0) is 110 Å². The van der Waals surface area contributed by atoms with E-state index in [9.17, 15) is 0 Å². The topological polar surface area (TPSA) is 61.9 Å². The molecule has 0 unspecified atom stereocenters. The van der Waals surface area contributed by atoms with Crippen LogP contribution >= 0.6 is 23.0 Å². The summed E-state index contributed by atoms with van der Waals surface area (Å²) in [6, 6.07) is 21.2. The van der Waals surface area contributed by atoms with Gasteiger partial charge in [-0.3, -0.25) is 9.80 Å². The van der Waals surface area contributed by atoms with Crippen LogP contribution < -0.4 is 26.8 Å². The van der Waals surface area contributed by atoms with Crippen molar-refractivity contribution in [3.05, 3.63) is 94.0 Å². The van der Waals surface area contributed by atoms with Gasteiger partial charge in [0, 0.05) is 30.7 Å². The third kappa shape index (κ3) is 5.62. The molecule has 8 nitrogen and oxygen atoms in total. The number of halogens is 1. The molecule has 4 aliphatic heterocycles. The summed E-state index contributed by atoms with van der Waals surface area (Å²) in [6.07, 6.45) is 3.36. The molecule has 0 N–H and O–H groups in total. The first kappa shape index (κ1) is 31.0. The van der Waals surface area contributed by atoms with Crippen LogP contribution in [0.5, 0.6) is 46.0 Å². The number of hydrogen-bond donors (Lipinski definition) is 0. The highest BCUT2D eigenvalue weighted by Crippen LogP contribution is 2.52. The van der Waals surface area contributed by atoms with E-state index < -0.39 is 0 Å². The Morgan fingerprint density at radius 1 is 0.674 bits per heavy atom. The van der Waals surface area contributed by atoms with Crippen molar-refractivity contribution < 1.29 is 26.8 Å². The molecule has 4 heterocycles. The van der Waals surface area contributed by atoms with Crippen LogP contribution in [0.15, 0.2) is 60.7 Å². The van der Waals surface area contributed by atoms with E-state index in [-0.39, 0.29) is 12.1 Å². The van der Waals surface area contributed by atoms with Crippen LogP contribution in [0.25, 0.3) is 0 Å². The Labute approximate surface area is 284 Å². The SMILES string of the molecule is COc1ccc2cc1Oc1ccc(cc1)C[C@H]1c3cc(c(OI)cc3CCN1C)Oc1c(OC)c(OC)cc3c1[C@@H](C2)N(C)CC3. The number of likely N-dealkylation sites (N-methyl/N-ethyl adjacent to an activating group) is 2. The average Bonchev–Trinajstić information content (AvgIpc) is 3.07. The zero-order chi connectivity index (χ0) is 31.9. The largest absolute Gasteiger partial charge is 0.493 e.